The van der Waals surface area contributed by atoms with Crippen LogP contribution < -0.4 is 10.6 Å². The fourth-order valence-electron chi connectivity index (χ4n) is 3.24. The van der Waals surface area contributed by atoms with Crippen LogP contribution in [0.5, 0.6) is 0 Å². The van der Waals surface area contributed by atoms with Gasteiger partial charge in [-0.1, -0.05) is 26.8 Å². The summed E-state index contributed by atoms with van der Waals surface area (Å²) >= 11 is 0. The van der Waals surface area contributed by atoms with Gasteiger partial charge < -0.3 is 10.6 Å². The molecule has 1 aromatic heterocycles. The van der Waals surface area contributed by atoms with Gasteiger partial charge in [-0.25, -0.2) is 0 Å². The Kier molecular flexibility index (Phi) is 5.07. The molecule has 3 heteroatoms. The van der Waals surface area contributed by atoms with Gasteiger partial charge in [0.25, 0.3) is 0 Å². The number of fused-ring (bicyclic) bond motifs is 1. The summed E-state index contributed by atoms with van der Waals surface area (Å²) in [5.74, 6) is 0. The van der Waals surface area contributed by atoms with Crippen molar-refractivity contribution >= 4 is 16.6 Å². The fraction of sp³-hybridized carbons (Fsp3) is 0.526. The molecule has 0 saturated carbocycles. The van der Waals surface area contributed by atoms with Gasteiger partial charge in [0.2, 0.25) is 0 Å². The molecule has 120 valence electrons. The van der Waals surface area contributed by atoms with Crippen molar-refractivity contribution < 1.29 is 0 Å². The van der Waals surface area contributed by atoms with Crippen LogP contribution in [0, 0.1) is 5.41 Å². The van der Waals surface area contributed by atoms with E-state index in [1.807, 2.05) is 18.3 Å². The number of pyridine rings is 1. The van der Waals surface area contributed by atoms with Crippen LogP contribution in [0.2, 0.25) is 0 Å². The zero-order chi connectivity index (χ0) is 16.2. The molecule has 0 aliphatic carbocycles. The van der Waals surface area contributed by atoms with Crippen LogP contribution in [-0.4, -0.2) is 23.6 Å². The third kappa shape index (κ3) is 4.99. The van der Waals surface area contributed by atoms with Crippen molar-refractivity contribution in [2.75, 3.05) is 18.4 Å². The lowest BCUT2D eigenvalue weighted by atomic mass is 9.82. The Morgan fingerprint density at radius 3 is 2.45 bits per heavy atom. The molecule has 0 radical (unpaired) electrons. The molecule has 0 amide bonds. The maximum Gasteiger partial charge on any atom is 0.0722 e. The Hall–Kier alpha value is -1.61. The van der Waals surface area contributed by atoms with Crippen molar-refractivity contribution in [1.82, 2.24) is 10.3 Å². The minimum atomic E-state index is 0.153. The number of hydrogen-bond acceptors (Lipinski definition) is 3. The van der Waals surface area contributed by atoms with E-state index in [9.17, 15) is 0 Å². The molecule has 2 rings (SSSR count). The summed E-state index contributed by atoms with van der Waals surface area (Å²) in [5, 5.41) is 8.36. The lowest BCUT2D eigenvalue weighted by Gasteiger charge is -2.33. The van der Waals surface area contributed by atoms with E-state index in [1.165, 1.54) is 5.39 Å². The van der Waals surface area contributed by atoms with Gasteiger partial charge in [-0.15, -0.1) is 0 Å². The van der Waals surface area contributed by atoms with Crippen LogP contribution in [0.1, 0.15) is 41.0 Å². The van der Waals surface area contributed by atoms with Gasteiger partial charge in [0, 0.05) is 35.9 Å². The van der Waals surface area contributed by atoms with Crippen molar-refractivity contribution in [2.24, 2.45) is 5.41 Å². The van der Waals surface area contributed by atoms with Crippen molar-refractivity contribution in [1.29, 1.82) is 0 Å². The lowest BCUT2D eigenvalue weighted by Crippen LogP contribution is -2.44. The van der Waals surface area contributed by atoms with E-state index in [0.717, 1.165) is 30.7 Å². The van der Waals surface area contributed by atoms with Crippen LogP contribution in [-0.2, 0) is 0 Å². The quantitative estimate of drug-likeness (QED) is 0.774. The number of hydrogen-bond donors (Lipinski definition) is 2. The molecular formula is C19H29N3. The highest BCUT2D eigenvalue weighted by Crippen LogP contribution is 2.26. The lowest BCUT2D eigenvalue weighted by molar-refractivity contribution is 0.245. The third-order valence-electron chi connectivity index (χ3n) is 3.66. The van der Waals surface area contributed by atoms with E-state index in [4.69, 9.17) is 0 Å². The second kappa shape index (κ2) is 6.66. The van der Waals surface area contributed by atoms with Crippen LogP contribution in [0.3, 0.4) is 0 Å². The molecular weight excluding hydrogens is 270 g/mol. The molecule has 1 heterocycles. The number of benzene rings is 1. The number of aromatic nitrogens is 1. The van der Waals surface area contributed by atoms with Gasteiger partial charge in [0.15, 0.2) is 0 Å². The summed E-state index contributed by atoms with van der Waals surface area (Å²) in [6.07, 6.45) is 2.99. The predicted molar refractivity (Wildman–Crippen MR) is 96.4 cm³/mol. The van der Waals surface area contributed by atoms with E-state index < -0.39 is 0 Å². The first-order chi connectivity index (χ1) is 10.3. The number of anilines is 1. The topological polar surface area (TPSA) is 37.0 Å². The fourth-order valence-corrected chi connectivity index (χ4v) is 3.24. The molecule has 0 spiro atoms. The standard InChI is InChI=1S/C19H29N3/c1-18(2,3)14-19(4,5)22-13-12-21-17-10-6-9-16-15(17)8-7-11-20-16/h6-11,21-22H,12-14H2,1-5H3. The van der Waals surface area contributed by atoms with Crippen molar-refractivity contribution in [2.45, 2.75) is 46.6 Å². The van der Waals surface area contributed by atoms with Crippen LogP contribution in [0.15, 0.2) is 36.5 Å². The average Bonchev–Trinajstić information content (AvgIpc) is 2.41. The third-order valence-corrected chi connectivity index (χ3v) is 3.66. The predicted octanol–water partition coefficient (Wildman–Crippen LogP) is 4.45. The normalized spacial score (nSPS) is 12.6. The first kappa shape index (κ1) is 16.8. The van der Waals surface area contributed by atoms with Gasteiger partial charge in [-0.3, -0.25) is 4.98 Å². The Morgan fingerprint density at radius 2 is 1.73 bits per heavy atom. The van der Waals surface area contributed by atoms with Gasteiger partial charge >= 0.3 is 0 Å². The molecule has 2 N–H and O–H groups in total. The summed E-state index contributed by atoms with van der Waals surface area (Å²) in [4.78, 5) is 4.39. The van der Waals surface area contributed by atoms with E-state index >= 15 is 0 Å². The number of nitrogens with one attached hydrogen (secondary N) is 2. The molecule has 0 fully saturated rings. The molecule has 0 bridgehead atoms. The Bertz CT molecular complexity index is 606. The minimum Gasteiger partial charge on any atom is -0.383 e. The molecule has 3 nitrogen and oxygen atoms in total. The van der Waals surface area contributed by atoms with Crippen molar-refractivity contribution in [3.8, 4) is 0 Å². The largest absolute Gasteiger partial charge is 0.383 e. The monoisotopic (exact) mass is 299 g/mol. The zero-order valence-corrected chi connectivity index (χ0v) is 14.5. The summed E-state index contributed by atoms with van der Waals surface area (Å²) in [6, 6.07) is 10.3. The van der Waals surface area contributed by atoms with Crippen LogP contribution >= 0.6 is 0 Å². The molecule has 0 atom stereocenters. The highest BCUT2D eigenvalue weighted by atomic mass is 15.0. The zero-order valence-electron chi connectivity index (χ0n) is 14.5. The highest BCUT2D eigenvalue weighted by Gasteiger charge is 2.24. The van der Waals surface area contributed by atoms with Crippen molar-refractivity contribution in [3.63, 3.8) is 0 Å². The van der Waals surface area contributed by atoms with E-state index in [0.29, 0.717) is 5.41 Å². The van der Waals surface area contributed by atoms with E-state index in [2.05, 4.69) is 68.4 Å². The molecule has 2 aromatic rings. The number of rotatable bonds is 6. The average molecular weight is 299 g/mol. The maximum absolute atomic E-state index is 4.39. The second-order valence-electron chi connectivity index (χ2n) is 7.85. The Morgan fingerprint density at radius 1 is 0.955 bits per heavy atom. The van der Waals surface area contributed by atoms with Crippen molar-refractivity contribution in [3.05, 3.63) is 36.5 Å². The summed E-state index contributed by atoms with van der Waals surface area (Å²) in [6.45, 7) is 13.3. The molecule has 0 aliphatic heterocycles. The summed E-state index contributed by atoms with van der Waals surface area (Å²) in [7, 11) is 0. The van der Waals surface area contributed by atoms with Crippen LogP contribution in [0.25, 0.3) is 10.9 Å². The van der Waals surface area contributed by atoms with Gasteiger partial charge in [0.1, 0.15) is 0 Å². The summed E-state index contributed by atoms with van der Waals surface area (Å²) in [5.41, 5.74) is 2.68. The molecule has 0 saturated heterocycles. The second-order valence-corrected chi connectivity index (χ2v) is 7.85. The van der Waals surface area contributed by atoms with E-state index in [1.54, 1.807) is 0 Å². The molecule has 22 heavy (non-hydrogen) atoms. The Labute approximate surface area is 134 Å². The highest BCUT2D eigenvalue weighted by molar-refractivity contribution is 5.91. The maximum atomic E-state index is 4.39. The molecule has 0 unspecified atom stereocenters. The minimum absolute atomic E-state index is 0.153. The van der Waals surface area contributed by atoms with Crippen LogP contribution in [0.4, 0.5) is 5.69 Å². The SMILES string of the molecule is CC(C)(C)CC(C)(C)NCCNc1cccc2ncccc12. The summed E-state index contributed by atoms with van der Waals surface area (Å²) < 4.78 is 0. The van der Waals surface area contributed by atoms with E-state index in [-0.39, 0.29) is 5.54 Å². The van der Waals surface area contributed by atoms with Gasteiger partial charge in [0.05, 0.1) is 5.52 Å². The molecule has 0 aliphatic rings. The molecule has 1 aromatic carbocycles. The Balaban J connectivity index is 1.88. The van der Waals surface area contributed by atoms with Gasteiger partial charge in [-0.2, -0.15) is 0 Å². The van der Waals surface area contributed by atoms with Gasteiger partial charge in [-0.05, 0) is 49.9 Å². The number of nitrogens with zero attached hydrogens (tertiary/aromatic N) is 1. The first-order valence-corrected chi connectivity index (χ1v) is 8.10. The smallest absolute Gasteiger partial charge is 0.0722 e. The first-order valence-electron chi connectivity index (χ1n) is 8.10.